The number of rotatable bonds is 9. The highest BCUT2D eigenvalue weighted by Crippen LogP contribution is 2.40. The minimum atomic E-state index is -4.20. The van der Waals surface area contributed by atoms with Gasteiger partial charge in [0.05, 0.1) is 20.5 Å². The van der Waals surface area contributed by atoms with E-state index in [4.69, 9.17) is 46.4 Å². The zero-order valence-corrected chi connectivity index (χ0v) is 26.6. The van der Waals surface area contributed by atoms with E-state index in [0.717, 1.165) is 4.31 Å². The lowest BCUT2D eigenvalue weighted by Crippen LogP contribution is -2.55. The van der Waals surface area contributed by atoms with Gasteiger partial charge in [0.15, 0.2) is 0 Å². The second-order valence-electron chi connectivity index (χ2n) is 10.6. The average Bonchev–Trinajstić information content (AvgIpc) is 3.24. The lowest BCUT2D eigenvalue weighted by atomic mass is 9.84. The zero-order valence-electron chi connectivity index (χ0n) is 22.8. The highest BCUT2D eigenvalue weighted by molar-refractivity contribution is 7.89. The van der Waals surface area contributed by atoms with E-state index in [1.54, 1.807) is 38.1 Å². The number of carbonyl (C=O) groups excluding carboxylic acids is 2. The quantitative estimate of drug-likeness (QED) is 0.267. The van der Waals surface area contributed by atoms with Gasteiger partial charge in [-0.15, -0.1) is 0 Å². The Morgan fingerprint density at radius 3 is 2.16 bits per heavy atom. The Bertz CT molecular complexity index is 1640. The molecule has 2 atom stereocenters. The van der Waals surface area contributed by atoms with Crippen molar-refractivity contribution in [3.05, 3.63) is 86.1 Å². The van der Waals surface area contributed by atoms with E-state index < -0.39 is 45.3 Å². The minimum absolute atomic E-state index is 0.0401. The molecule has 3 N–H and O–H groups in total. The number of pyridine rings is 1. The molecule has 1 fully saturated rings. The van der Waals surface area contributed by atoms with Crippen LogP contribution in [-0.2, 0) is 26.0 Å². The van der Waals surface area contributed by atoms with Crippen molar-refractivity contribution in [2.24, 2.45) is 5.41 Å². The number of carboxylic acids is 1. The number of benzene rings is 2. The fraction of sp³-hybridized carbons (Fsp3) is 0.286. The third-order valence-corrected chi connectivity index (χ3v) is 9.89. The summed E-state index contributed by atoms with van der Waals surface area (Å²) in [6.07, 6.45) is 2.83. The number of carboxylic acid groups (broad SMARTS) is 1. The standard InChI is InChI=1S/C28H26Cl4N4O6S/c1-28(2)7-8-36(43(41,42)19-11-16(29)10-17(30)12-19)24(28)26(38)35-22(27(39)40)9-15-3-5-18(6-4-15)34-25(37)23-20(31)13-33-14-21(23)32/h3-6,10-14,22,24H,7-9H2,1-2H3,(H,34,37)(H,35,38)(H,39,40)/t22-,24+/m0/s1. The molecule has 0 radical (unpaired) electrons. The van der Waals surface area contributed by atoms with Gasteiger partial charge in [0.1, 0.15) is 12.1 Å². The number of nitrogens with zero attached hydrogens (tertiary/aromatic N) is 2. The van der Waals surface area contributed by atoms with Gasteiger partial charge in [0.2, 0.25) is 15.9 Å². The van der Waals surface area contributed by atoms with Crippen LogP contribution in [-0.4, -0.2) is 59.2 Å². The van der Waals surface area contributed by atoms with Gasteiger partial charge in [-0.3, -0.25) is 14.6 Å². The van der Waals surface area contributed by atoms with Crippen LogP contribution in [0.5, 0.6) is 0 Å². The summed E-state index contributed by atoms with van der Waals surface area (Å²) in [5, 5.41) is 15.5. The Hall–Kier alpha value is -2.93. The van der Waals surface area contributed by atoms with Gasteiger partial charge in [-0.2, -0.15) is 4.31 Å². The number of hydrogen-bond acceptors (Lipinski definition) is 6. The summed E-state index contributed by atoms with van der Waals surface area (Å²) in [7, 11) is -4.20. The summed E-state index contributed by atoms with van der Waals surface area (Å²) in [6, 6.07) is 7.61. The fourth-order valence-corrected chi connectivity index (χ4v) is 7.85. The highest BCUT2D eigenvalue weighted by Gasteiger charge is 2.50. The highest BCUT2D eigenvalue weighted by atomic mass is 35.5. The summed E-state index contributed by atoms with van der Waals surface area (Å²) < 4.78 is 28.2. The first-order valence-corrected chi connectivity index (χ1v) is 15.8. The molecule has 0 saturated carbocycles. The smallest absolute Gasteiger partial charge is 0.326 e. The number of sulfonamides is 1. The fourth-order valence-electron chi connectivity index (χ4n) is 4.84. The molecule has 2 heterocycles. The van der Waals surface area contributed by atoms with Gasteiger partial charge < -0.3 is 15.7 Å². The molecule has 1 aromatic heterocycles. The molecular formula is C28H26Cl4N4O6S. The Labute approximate surface area is 268 Å². The van der Waals surface area contributed by atoms with Crippen molar-refractivity contribution in [1.82, 2.24) is 14.6 Å². The molecule has 228 valence electrons. The number of hydrogen-bond donors (Lipinski definition) is 3. The molecule has 4 rings (SSSR count). The summed E-state index contributed by atoms with van der Waals surface area (Å²) in [4.78, 5) is 42.0. The van der Waals surface area contributed by atoms with Crippen molar-refractivity contribution >= 4 is 79.9 Å². The molecule has 1 saturated heterocycles. The molecule has 2 amide bonds. The van der Waals surface area contributed by atoms with Crippen molar-refractivity contribution < 1.29 is 27.9 Å². The molecule has 10 nitrogen and oxygen atoms in total. The van der Waals surface area contributed by atoms with Crippen molar-refractivity contribution in [2.75, 3.05) is 11.9 Å². The SMILES string of the molecule is CC1(C)CCN(S(=O)(=O)c2cc(Cl)cc(Cl)c2)[C@@H]1C(=O)N[C@@H](Cc1ccc(NC(=O)c2c(Cl)cncc2Cl)cc1)C(=O)O. The number of halogens is 4. The zero-order chi connectivity index (χ0) is 31.7. The lowest BCUT2D eigenvalue weighted by Gasteiger charge is -2.32. The van der Waals surface area contributed by atoms with Crippen LogP contribution in [0.2, 0.25) is 20.1 Å². The van der Waals surface area contributed by atoms with E-state index in [1.165, 1.54) is 30.6 Å². The number of nitrogens with one attached hydrogen (secondary N) is 2. The van der Waals surface area contributed by atoms with Crippen LogP contribution >= 0.6 is 46.4 Å². The van der Waals surface area contributed by atoms with Crippen molar-refractivity contribution in [3.63, 3.8) is 0 Å². The van der Waals surface area contributed by atoms with Crippen LogP contribution < -0.4 is 10.6 Å². The summed E-state index contributed by atoms with van der Waals surface area (Å²) in [6.45, 7) is 3.53. The van der Waals surface area contributed by atoms with Gasteiger partial charge in [-0.1, -0.05) is 72.4 Å². The topological polar surface area (TPSA) is 146 Å². The van der Waals surface area contributed by atoms with Crippen LogP contribution in [0.3, 0.4) is 0 Å². The van der Waals surface area contributed by atoms with Gasteiger partial charge in [0, 0.05) is 41.1 Å². The maximum absolute atomic E-state index is 13.6. The molecule has 43 heavy (non-hydrogen) atoms. The molecule has 0 bridgehead atoms. The number of anilines is 1. The second-order valence-corrected chi connectivity index (χ2v) is 14.2. The molecule has 0 unspecified atom stereocenters. The van der Waals surface area contributed by atoms with Crippen molar-refractivity contribution in [1.29, 1.82) is 0 Å². The average molecular weight is 688 g/mol. The van der Waals surface area contributed by atoms with E-state index >= 15 is 0 Å². The number of amides is 2. The first kappa shape index (κ1) is 33.0. The Kier molecular flexibility index (Phi) is 9.95. The molecule has 15 heteroatoms. The Morgan fingerprint density at radius 1 is 1.02 bits per heavy atom. The molecule has 1 aliphatic heterocycles. The molecular weight excluding hydrogens is 662 g/mol. The molecule has 0 spiro atoms. The van der Waals surface area contributed by atoms with E-state index in [9.17, 15) is 27.9 Å². The molecule has 3 aromatic rings. The maximum atomic E-state index is 13.6. The molecule has 1 aliphatic rings. The first-order chi connectivity index (χ1) is 20.1. The Morgan fingerprint density at radius 2 is 1.60 bits per heavy atom. The lowest BCUT2D eigenvalue weighted by molar-refractivity contribution is -0.142. The molecule has 2 aromatic carbocycles. The molecule has 0 aliphatic carbocycles. The monoisotopic (exact) mass is 686 g/mol. The number of aromatic nitrogens is 1. The van der Waals surface area contributed by atoms with E-state index in [2.05, 4.69) is 15.6 Å². The summed E-state index contributed by atoms with van der Waals surface area (Å²) in [5.74, 6) is -2.61. The second kappa shape index (κ2) is 13.0. The van der Waals surface area contributed by atoms with E-state index in [1.807, 2.05) is 0 Å². The predicted molar refractivity (Wildman–Crippen MR) is 164 cm³/mol. The van der Waals surface area contributed by atoms with E-state index in [-0.39, 0.29) is 43.5 Å². The first-order valence-electron chi connectivity index (χ1n) is 12.8. The summed E-state index contributed by atoms with van der Waals surface area (Å²) in [5.41, 5.74) is 0.182. The number of aliphatic carboxylic acids is 1. The van der Waals surface area contributed by atoms with Crippen molar-refractivity contribution in [3.8, 4) is 0 Å². The van der Waals surface area contributed by atoms with Crippen LogP contribution in [0.1, 0.15) is 36.2 Å². The van der Waals surface area contributed by atoms with Crippen LogP contribution in [0.25, 0.3) is 0 Å². The van der Waals surface area contributed by atoms with Gasteiger partial charge >= 0.3 is 5.97 Å². The van der Waals surface area contributed by atoms with Crippen LogP contribution in [0.15, 0.2) is 59.8 Å². The minimum Gasteiger partial charge on any atom is -0.480 e. The Balaban J connectivity index is 1.50. The normalized spacial score (nSPS) is 17.3. The van der Waals surface area contributed by atoms with E-state index in [0.29, 0.717) is 17.7 Å². The summed E-state index contributed by atoms with van der Waals surface area (Å²) >= 11 is 24.1. The third kappa shape index (κ3) is 7.42. The van der Waals surface area contributed by atoms with Gasteiger partial charge in [-0.05, 0) is 47.7 Å². The largest absolute Gasteiger partial charge is 0.480 e. The van der Waals surface area contributed by atoms with Gasteiger partial charge in [-0.25, -0.2) is 13.2 Å². The third-order valence-electron chi connectivity index (χ3n) is 7.04. The van der Waals surface area contributed by atoms with Crippen molar-refractivity contribution in [2.45, 2.75) is 43.7 Å². The van der Waals surface area contributed by atoms with Crippen LogP contribution in [0, 0.1) is 5.41 Å². The predicted octanol–water partition coefficient (Wildman–Crippen LogP) is 5.55. The van der Waals surface area contributed by atoms with Crippen LogP contribution in [0.4, 0.5) is 5.69 Å². The number of carbonyl (C=O) groups is 3. The maximum Gasteiger partial charge on any atom is 0.326 e. The van der Waals surface area contributed by atoms with Gasteiger partial charge in [0.25, 0.3) is 5.91 Å².